The van der Waals surface area contributed by atoms with Gasteiger partial charge in [0.1, 0.15) is 0 Å². The molecule has 148 valence electrons. The molecule has 0 unspecified atom stereocenters. The predicted molar refractivity (Wildman–Crippen MR) is 103 cm³/mol. The van der Waals surface area contributed by atoms with E-state index in [2.05, 4.69) is 12.2 Å². The van der Waals surface area contributed by atoms with Gasteiger partial charge in [-0.05, 0) is 50.4 Å². The highest BCUT2D eigenvalue weighted by atomic mass is 32.2. The maximum atomic E-state index is 12.6. The Bertz CT molecular complexity index is 766. The first-order valence-corrected chi connectivity index (χ1v) is 11.2. The zero-order valence-corrected chi connectivity index (χ0v) is 16.5. The molecule has 2 heterocycles. The molecule has 2 aliphatic rings. The summed E-state index contributed by atoms with van der Waals surface area (Å²) in [6.07, 6.45) is 1.99. The molecule has 0 spiro atoms. The van der Waals surface area contributed by atoms with Crippen LogP contribution in [0.15, 0.2) is 24.3 Å². The fourth-order valence-corrected chi connectivity index (χ4v) is 5.24. The number of benzene rings is 1. The smallest absolute Gasteiger partial charge is 0.261 e. The Morgan fingerprint density at radius 3 is 2.22 bits per heavy atom. The minimum atomic E-state index is -3.36. The summed E-state index contributed by atoms with van der Waals surface area (Å²) in [4.78, 5) is 25.8. The molecule has 0 bridgehead atoms. The van der Waals surface area contributed by atoms with E-state index in [0.29, 0.717) is 30.1 Å². The number of hydrogen-bond acceptors (Lipinski definition) is 5. The molecule has 7 nitrogen and oxygen atoms in total. The van der Waals surface area contributed by atoms with Gasteiger partial charge in [0.2, 0.25) is 10.0 Å². The lowest BCUT2D eigenvalue weighted by molar-refractivity contribution is 0.0654. The van der Waals surface area contributed by atoms with Crippen molar-refractivity contribution in [2.45, 2.75) is 26.2 Å². The van der Waals surface area contributed by atoms with Crippen LogP contribution in [0, 0.1) is 5.92 Å². The maximum absolute atomic E-state index is 12.6. The second-order valence-electron chi connectivity index (χ2n) is 7.13. The standard InChI is InChI=1S/C19H27N3O4S/c1-2-20-14-15-8-11-21(12-9-15)27(25,26)13-5-10-22-18(23)16-6-3-4-7-17(16)19(22)24/h3-4,6-7,15,20H,2,5,8-14H2,1H3. The van der Waals surface area contributed by atoms with Crippen LogP contribution in [0.25, 0.3) is 0 Å². The monoisotopic (exact) mass is 393 g/mol. The zero-order chi connectivity index (χ0) is 19.4. The SMILES string of the molecule is CCNCC1CCN(S(=O)(=O)CCCN2C(=O)c3ccccc3C2=O)CC1. The summed E-state index contributed by atoms with van der Waals surface area (Å²) in [7, 11) is -3.36. The minimum absolute atomic E-state index is 0.0434. The number of sulfonamides is 1. The van der Waals surface area contributed by atoms with Gasteiger partial charge in [0.05, 0.1) is 16.9 Å². The van der Waals surface area contributed by atoms with E-state index >= 15 is 0 Å². The van der Waals surface area contributed by atoms with E-state index in [1.165, 1.54) is 0 Å². The largest absolute Gasteiger partial charge is 0.317 e. The van der Waals surface area contributed by atoms with Crippen molar-refractivity contribution in [3.63, 3.8) is 0 Å². The molecule has 1 aromatic carbocycles. The topological polar surface area (TPSA) is 86.8 Å². The number of nitrogens with one attached hydrogen (secondary N) is 1. The average molecular weight is 394 g/mol. The van der Waals surface area contributed by atoms with Gasteiger partial charge >= 0.3 is 0 Å². The van der Waals surface area contributed by atoms with Crippen molar-refractivity contribution in [2.24, 2.45) is 5.92 Å². The number of amides is 2. The van der Waals surface area contributed by atoms with Crippen LogP contribution in [0.1, 0.15) is 46.9 Å². The van der Waals surface area contributed by atoms with Crippen LogP contribution in [0.2, 0.25) is 0 Å². The molecule has 0 atom stereocenters. The third kappa shape index (κ3) is 4.39. The lowest BCUT2D eigenvalue weighted by Crippen LogP contribution is -2.42. The van der Waals surface area contributed by atoms with E-state index in [9.17, 15) is 18.0 Å². The van der Waals surface area contributed by atoms with E-state index in [1.54, 1.807) is 28.6 Å². The highest BCUT2D eigenvalue weighted by molar-refractivity contribution is 7.89. The Morgan fingerprint density at radius 1 is 1.07 bits per heavy atom. The average Bonchev–Trinajstić information content (AvgIpc) is 2.92. The molecule has 27 heavy (non-hydrogen) atoms. The van der Waals surface area contributed by atoms with Gasteiger partial charge in [0.15, 0.2) is 0 Å². The van der Waals surface area contributed by atoms with E-state index in [4.69, 9.17) is 0 Å². The van der Waals surface area contributed by atoms with Gasteiger partial charge < -0.3 is 5.32 Å². The van der Waals surface area contributed by atoms with E-state index < -0.39 is 10.0 Å². The summed E-state index contributed by atoms with van der Waals surface area (Å²) in [5.41, 5.74) is 0.793. The van der Waals surface area contributed by atoms with Gasteiger partial charge in [-0.15, -0.1) is 0 Å². The molecule has 0 radical (unpaired) electrons. The van der Waals surface area contributed by atoms with Gasteiger partial charge in [-0.1, -0.05) is 19.1 Å². The molecule has 0 saturated carbocycles. The Kier molecular flexibility index (Phi) is 6.29. The molecule has 8 heteroatoms. The third-order valence-electron chi connectivity index (χ3n) is 5.31. The number of nitrogens with zero attached hydrogens (tertiary/aromatic N) is 2. The van der Waals surface area contributed by atoms with Gasteiger partial charge in [-0.2, -0.15) is 0 Å². The van der Waals surface area contributed by atoms with Crippen LogP contribution in [0.5, 0.6) is 0 Å². The molecular weight excluding hydrogens is 366 g/mol. The van der Waals surface area contributed by atoms with Gasteiger partial charge in [0.25, 0.3) is 11.8 Å². The summed E-state index contributed by atoms with van der Waals surface area (Å²) in [5, 5.41) is 3.32. The molecule has 1 saturated heterocycles. The second-order valence-corrected chi connectivity index (χ2v) is 9.22. The number of imide groups is 1. The number of rotatable bonds is 8. The first kappa shape index (κ1) is 20.0. The molecule has 2 amide bonds. The van der Waals surface area contributed by atoms with Crippen molar-refractivity contribution in [2.75, 3.05) is 38.5 Å². The molecule has 1 N–H and O–H groups in total. The van der Waals surface area contributed by atoms with Crippen molar-refractivity contribution in [3.8, 4) is 0 Å². The summed E-state index contributed by atoms with van der Waals surface area (Å²) < 4.78 is 26.7. The van der Waals surface area contributed by atoms with Gasteiger partial charge in [-0.3, -0.25) is 14.5 Å². The number of carbonyl (C=O) groups excluding carboxylic acids is 2. The highest BCUT2D eigenvalue weighted by Gasteiger charge is 2.35. The van der Waals surface area contributed by atoms with Crippen LogP contribution < -0.4 is 5.32 Å². The first-order valence-electron chi connectivity index (χ1n) is 9.58. The van der Waals surface area contributed by atoms with E-state index in [0.717, 1.165) is 30.8 Å². The lowest BCUT2D eigenvalue weighted by Gasteiger charge is -2.31. The highest BCUT2D eigenvalue weighted by Crippen LogP contribution is 2.23. The van der Waals surface area contributed by atoms with Crippen LogP contribution in [-0.2, 0) is 10.0 Å². The fourth-order valence-electron chi connectivity index (χ4n) is 3.72. The summed E-state index contributed by atoms with van der Waals surface area (Å²) in [6, 6.07) is 6.70. The second kappa shape index (κ2) is 8.50. The zero-order valence-electron chi connectivity index (χ0n) is 15.7. The Hall–Kier alpha value is -1.77. The Balaban J connectivity index is 1.49. The molecule has 1 aromatic rings. The van der Waals surface area contributed by atoms with Crippen molar-refractivity contribution in [1.29, 1.82) is 0 Å². The van der Waals surface area contributed by atoms with Crippen LogP contribution in [0.4, 0.5) is 0 Å². The number of hydrogen-bond donors (Lipinski definition) is 1. The quantitative estimate of drug-likeness (QED) is 0.673. The molecule has 0 aliphatic carbocycles. The summed E-state index contributed by atoms with van der Waals surface area (Å²) in [5.74, 6) is -0.192. The van der Waals surface area contributed by atoms with Crippen molar-refractivity contribution < 1.29 is 18.0 Å². The molecule has 0 aromatic heterocycles. The Morgan fingerprint density at radius 2 is 1.67 bits per heavy atom. The molecule has 2 aliphatic heterocycles. The number of carbonyl (C=O) groups is 2. The molecule has 3 rings (SSSR count). The third-order valence-corrected chi connectivity index (χ3v) is 7.27. The van der Waals surface area contributed by atoms with Crippen LogP contribution in [-0.4, -0.2) is 67.9 Å². The van der Waals surface area contributed by atoms with Gasteiger partial charge in [0, 0.05) is 19.6 Å². The molecule has 1 fully saturated rings. The van der Waals surface area contributed by atoms with E-state index in [1.807, 2.05) is 0 Å². The van der Waals surface area contributed by atoms with Crippen molar-refractivity contribution >= 4 is 21.8 Å². The fraction of sp³-hybridized carbons (Fsp3) is 0.579. The number of piperidine rings is 1. The van der Waals surface area contributed by atoms with Crippen molar-refractivity contribution in [3.05, 3.63) is 35.4 Å². The lowest BCUT2D eigenvalue weighted by atomic mass is 9.98. The maximum Gasteiger partial charge on any atom is 0.261 e. The van der Waals surface area contributed by atoms with Crippen molar-refractivity contribution in [1.82, 2.24) is 14.5 Å². The minimum Gasteiger partial charge on any atom is -0.317 e. The van der Waals surface area contributed by atoms with Gasteiger partial charge in [-0.25, -0.2) is 12.7 Å². The summed E-state index contributed by atoms with van der Waals surface area (Å²) >= 11 is 0. The summed E-state index contributed by atoms with van der Waals surface area (Å²) in [6.45, 7) is 5.15. The predicted octanol–water partition coefficient (Wildman–Crippen LogP) is 1.32. The van der Waals surface area contributed by atoms with E-state index in [-0.39, 0.29) is 30.5 Å². The number of fused-ring (bicyclic) bond motifs is 1. The molecular formula is C19H27N3O4S. The van der Waals surface area contributed by atoms with Crippen LogP contribution in [0.3, 0.4) is 0 Å². The van der Waals surface area contributed by atoms with Crippen LogP contribution >= 0.6 is 0 Å². The first-order chi connectivity index (χ1) is 12.9. The Labute approximate surface area is 160 Å². The normalized spacial score (nSPS) is 18.9.